The number of hydrogen-bond donors (Lipinski definition) is 0. The van der Waals surface area contributed by atoms with E-state index >= 15 is 0 Å². The monoisotopic (exact) mass is 284 g/mol. The van der Waals surface area contributed by atoms with E-state index in [1.165, 1.54) is 24.0 Å². The molecule has 1 unspecified atom stereocenters. The van der Waals surface area contributed by atoms with Gasteiger partial charge >= 0.3 is 6.18 Å². The number of alkyl halides is 3. The maximum atomic E-state index is 13.2. The van der Waals surface area contributed by atoms with Gasteiger partial charge < -0.3 is 4.74 Å². The van der Waals surface area contributed by atoms with Crippen molar-refractivity contribution in [1.82, 2.24) is 20.2 Å². The predicted molar refractivity (Wildman–Crippen MR) is 62.2 cm³/mol. The Bertz CT molecular complexity index is 624. The van der Waals surface area contributed by atoms with Crippen LogP contribution < -0.4 is 4.74 Å². The van der Waals surface area contributed by atoms with Crippen molar-refractivity contribution in [2.75, 3.05) is 6.61 Å². The smallest absolute Gasteiger partial charge is 0.420 e. The van der Waals surface area contributed by atoms with Gasteiger partial charge in [-0.2, -0.15) is 13.2 Å². The first-order valence-corrected chi connectivity index (χ1v) is 6.04. The van der Waals surface area contributed by atoms with E-state index in [1.807, 2.05) is 0 Å². The van der Waals surface area contributed by atoms with Gasteiger partial charge in [-0.3, -0.25) is 0 Å². The standard InChI is InChI=1S/C12H11F3N4O/c1-7-2-3-8-9(19-6-16-17-18-19)4-5-20-11(8)10(7)12(13,14)15/h2-3,6,9H,4-5H2,1H3. The summed E-state index contributed by atoms with van der Waals surface area (Å²) in [5, 5.41) is 10.8. The van der Waals surface area contributed by atoms with Crippen LogP contribution in [0.4, 0.5) is 13.2 Å². The first-order chi connectivity index (χ1) is 9.48. The zero-order valence-electron chi connectivity index (χ0n) is 10.6. The third kappa shape index (κ3) is 2.00. The number of halogens is 3. The number of ether oxygens (including phenoxy) is 1. The van der Waals surface area contributed by atoms with E-state index in [-0.39, 0.29) is 24.0 Å². The Labute approximate surface area is 112 Å². The molecule has 3 rings (SSSR count). The number of tetrazole rings is 1. The zero-order valence-corrected chi connectivity index (χ0v) is 10.6. The Morgan fingerprint density at radius 1 is 1.35 bits per heavy atom. The molecule has 1 atom stereocenters. The molecule has 1 aliphatic rings. The number of nitrogens with zero attached hydrogens (tertiary/aromatic N) is 4. The van der Waals surface area contributed by atoms with Gasteiger partial charge in [0.05, 0.1) is 12.6 Å². The number of benzene rings is 1. The van der Waals surface area contributed by atoms with Crippen LogP contribution in [0.25, 0.3) is 0 Å². The molecule has 20 heavy (non-hydrogen) atoms. The fourth-order valence-electron chi connectivity index (χ4n) is 2.48. The van der Waals surface area contributed by atoms with Gasteiger partial charge in [0.2, 0.25) is 0 Å². The van der Waals surface area contributed by atoms with Crippen LogP contribution in [0.3, 0.4) is 0 Å². The van der Waals surface area contributed by atoms with Gasteiger partial charge in [0.25, 0.3) is 0 Å². The summed E-state index contributed by atoms with van der Waals surface area (Å²) in [6.07, 6.45) is -2.52. The molecule has 0 saturated heterocycles. The second kappa shape index (κ2) is 4.46. The lowest BCUT2D eigenvalue weighted by Crippen LogP contribution is -2.24. The lowest BCUT2D eigenvalue weighted by molar-refractivity contribution is -0.139. The van der Waals surface area contributed by atoms with E-state index < -0.39 is 11.7 Å². The maximum Gasteiger partial charge on any atom is 0.420 e. The molecule has 0 N–H and O–H groups in total. The second-order valence-corrected chi connectivity index (χ2v) is 4.62. The van der Waals surface area contributed by atoms with Crippen LogP contribution in [0.2, 0.25) is 0 Å². The zero-order chi connectivity index (χ0) is 14.3. The van der Waals surface area contributed by atoms with Crippen molar-refractivity contribution in [2.24, 2.45) is 0 Å². The van der Waals surface area contributed by atoms with Crippen LogP contribution in [-0.4, -0.2) is 26.8 Å². The summed E-state index contributed by atoms with van der Waals surface area (Å²) in [7, 11) is 0. The molecular formula is C12H11F3N4O. The summed E-state index contributed by atoms with van der Waals surface area (Å²) < 4.78 is 46.3. The summed E-state index contributed by atoms with van der Waals surface area (Å²) in [6.45, 7) is 1.62. The maximum absolute atomic E-state index is 13.2. The molecule has 5 nitrogen and oxygen atoms in total. The Morgan fingerprint density at radius 3 is 2.80 bits per heavy atom. The van der Waals surface area contributed by atoms with Crippen LogP contribution in [0.5, 0.6) is 5.75 Å². The number of aromatic nitrogens is 4. The summed E-state index contributed by atoms with van der Waals surface area (Å²) in [5.74, 6) is -0.107. The lowest BCUT2D eigenvalue weighted by Gasteiger charge is -2.28. The molecule has 1 aliphatic heterocycles. The highest BCUT2D eigenvalue weighted by atomic mass is 19.4. The molecule has 0 aliphatic carbocycles. The Hall–Kier alpha value is -2.12. The molecule has 0 radical (unpaired) electrons. The number of aryl methyl sites for hydroxylation is 1. The van der Waals surface area contributed by atoms with Crippen LogP contribution in [0, 0.1) is 6.92 Å². The summed E-state index contributed by atoms with van der Waals surface area (Å²) in [5.41, 5.74) is -0.108. The van der Waals surface area contributed by atoms with Crippen molar-refractivity contribution in [3.8, 4) is 5.75 Å². The molecule has 1 aromatic carbocycles. The Kier molecular flexibility index (Phi) is 2.88. The van der Waals surface area contributed by atoms with Crippen LogP contribution >= 0.6 is 0 Å². The van der Waals surface area contributed by atoms with E-state index in [0.29, 0.717) is 12.0 Å². The van der Waals surface area contributed by atoms with E-state index in [2.05, 4.69) is 15.5 Å². The molecular weight excluding hydrogens is 273 g/mol. The van der Waals surface area contributed by atoms with E-state index in [4.69, 9.17) is 4.74 Å². The summed E-state index contributed by atoms with van der Waals surface area (Å²) in [4.78, 5) is 0. The minimum atomic E-state index is -4.45. The van der Waals surface area contributed by atoms with E-state index in [9.17, 15) is 13.2 Å². The molecule has 2 aromatic rings. The predicted octanol–water partition coefficient (Wildman–Crippen LogP) is 2.37. The van der Waals surface area contributed by atoms with Gasteiger partial charge in [0.1, 0.15) is 17.6 Å². The normalized spacial score (nSPS) is 18.5. The molecule has 1 aromatic heterocycles. The van der Waals surface area contributed by atoms with E-state index in [1.54, 1.807) is 6.07 Å². The average Bonchev–Trinajstić information content (AvgIpc) is 2.89. The van der Waals surface area contributed by atoms with Gasteiger partial charge in [0, 0.05) is 12.0 Å². The van der Waals surface area contributed by atoms with Crippen molar-refractivity contribution in [2.45, 2.75) is 25.6 Å². The second-order valence-electron chi connectivity index (χ2n) is 4.62. The first-order valence-electron chi connectivity index (χ1n) is 6.04. The molecule has 0 amide bonds. The van der Waals surface area contributed by atoms with Gasteiger partial charge in [-0.1, -0.05) is 12.1 Å². The fourth-order valence-corrected chi connectivity index (χ4v) is 2.48. The largest absolute Gasteiger partial charge is 0.492 e. The lowest BCUT2D eigenvalue weighted by atomic mass is 9.94. The third-order valence-corrected chi connectivity index (χ3v) is 3.36. The van der Waals surface area contributed by atoms with E-state index in [0.717, 1.165) is 0 Å². The highest BCUT2D eigenvalue weighted by Gasteiger charge is 2.39. The summed E-state index contributed by atoms with van der Waals surface area (Å²) in [6, 6.07) is 2.76. The molecule has 0 spiro atoms. The molecule has 0 fully saturated rings. The minimum Gasteiger partial charge on any atom is -0.492 e. The highest BCUT2D eigenvalue weighted by molar-refractivity contribution is 5.50. The van der Waals surface area contributed by atoms with Crippen molar-refractivity contribution in [1.29, 1.82) is 0 Å². The molecule has 2 heterocycles. The number of fused-ring (bicyclic) bond motifs is 1. The van der Waals surface area contributed by atoms with Crippen molar-refractivity contribution in [3.05, 3.63) is 35.2 Å². The molecule has 8 heteroatoms. The Morgan fingerprint density at radius 2 is 2.15 bits per heavy atom. The average molecular weight is 284 g/mol. The molecule has 0 bridgehead atoms. The van der Waals surface area contributed by atoms with Gasteiger partial charge in [-0.05, 0) is 22.9 Å². The highest BCUT2D eigenvalue weighted by Crippen LogP contribution is 2.45. The third-order valence-electron chi connectivity index (χ3n) is 3.36. The van der Waals surface area contributed by atoms with Gasteiger partial charge in [-0.15, -0.1) is 5.10 Å². The van der Waals surface area contributed by atoms with Crippen LogP contribution in [0.15, 0.2) is 18.5 Å². The summed E-state index contributed by atoms with van der Waals surface area (Å²) >= 11 is 0. The fraction of sp³-hybridized carbons (Fsp3) is 0.417. The quantitative estimate of drug-likeness (QED) is 0.806. The minimum absolute atomic E-state index is 0.107. The van der Waals surface area contributed by atoms with Gasteiger partial charge in [0.15, 0.2) is 0 Å². The SMILES string of the molecule is Cc1ccc2c(c1C(F)(F)F)OCCC2n1cnnn1. The van der Waals surface area contributed by atoms with Crippen molar-refractivity contribution < 1.29 is 17.9 Å². The first kappa shape index (κ1) is 12.9. The molecule has 0 saturated carbocycles. The van der Waals surface area contributed by atoms with Gasteiger partial charge in [-0.25, -0.2) is 4.68 Å². The van der Waals surface area contributed by atoms with Crippen molar-refractivity contribution in [3.63, 3.8) is 0 Å². The number of rotatable bonds is 1. The Balaban J connectivity index is 2.17. The van der Waals surface area contributed by atoms with Crippen LogP contribution in [-0.2, 0) is 6.18 Å². The van der Waals surface area contributed by atoms with Crippen LogP contribution in [0.1, 0.15) is 29.2 Å². The molecule has 106 valence electrons. The number of hydrogen-bond acceptors (Lipinski definition) is 4. The topological polar surface area (TPSA) is 52.8 Å². The van der Waals surface area contributed by atoms with Crippen molar-refractivity contribution >= 4 is 0 Å².